The van der Waals surface area contributed by atoms with Crippen LogP contribution < -0.4 is 11.1 Å². The summed E-state index contributed by atoms with van der Waals surface area (Å²) >= 11 is 0. The zero-order valence-corrected chi connectivity index (χ0v) is 24.2. The number of nitrogen functional groups attached to an aromatic ring is 1. The van der Waals surface area contributed by atoms with Gasteiger partial charge in [0, 0.05) is 50.0 Å². The number of nitrogens with one attached hydrogen (secondary N) is 1. The third-order valence-corrected chi connectivity index (χ3v) is 7.68. The van der Waals surface area contributed by atoms with E-state index < -0.39 is 6.55 Å². The highest BCUT2D eigenvalue weighted by Crippen LogP contribution is 2.31. The van der Waals surface area contributed by atoms with Crippen molar-refractivity contribution in [3.63, 3.8) is 0 Å². The largest absolute Gasteiger partial charge is 0.382 e. The number of aromatic nitrogens is 10. The maximum absolute atomic E-state index is 13.1. The molecule has 1 aliphatic heterocycles. The van der Waals surface area contributed by atoms with Gasteiger partial charge in [-0.15, -0.1) is 9.90 Å². The van der Waals surface area contributed by atoms with Crippen molar-refractivity contribution in [1.82, 2.24) is 54.4 Å². The Morgan fingerprint density at radius 2 is 1.74 bits per heavy atom. The molecule has 0 saturated carbocycles. The number of hydrogen-bond acceptors (Lipinski definition) is 12. The molecule has 6 heterocycles. The Morgan fingerprint density at radius 3 is 2.48 bits per heavy atom. The van der Waals surface area contributed by atoms with Crippen molar-refractivity contribution < 1.29 is 8.78 Å². The van der Waals surface area contributed by atoms with Gasteiger partial charge in [0.15, 0.2) is 17.3 Å². The van der Waals surface area contributed by atoms with Crippen molar-refractivity contribution >= 4 is 22.8 Å². The first kappa shape index (κ1) is 28.8. The lowest BCUT2D eigenvalue weighted by molar-refractivity contribution is 0.0415. The van der Waals surface area contributed by atoms with Crippen molar-refractivity contribution in [1.29, 1.82) is 5.26 Å². The Balaban J connectivity index is 1.13. The van der Waals surface area contributed by atoms with Gasteiger partial charge in [0.25, 0.3) is 0 Å². The summed E-state index contributed by atoms with van der Waals surface area (Å²) in [6, 6.07) is 15.5. The predicted molar refractivity (Wildman–Crippen MR) is 163 cm³/mol. The van der Waals surface area contributed by atoms with Crippen LogP contribution in [0.15, 0.2) is 67.3 Å². The summed E-state index contributed by atoms with van der Waals surface area (Å²) in [4.78, 5) is 29.0. The van der Waals surface area contributed by atoms with Gasteiger partial charge in [0.1, 0.15) is 28.8 Å². The van der Waals surface area contributed by atoms with Crippen molar-refractivity contribution in [3.8, 4) is 34.7 Å². The van der Waals surface area contributed by atoms with E-state index in [1.165, 1.54) is 18.6 Å². The third kappa shape index (κ3) is 5.78. The van der Waals surface area contributed by atoms with Gasteiger partial charge < -0.3 is 11.1 Å². The maximum atomic E-state index is 13.1. The van der Waals surface area contributed by atoms with Crippen LogP contribution in [0.1, 0.15) is 30.8 Å². The Kier molecular flexibility index (Phi) is 7.64. The number of nitrogens with zero attached hydrogens (tertiary/aromatic N) is 12. The zero-order chi connectivity index (χ0) is 31.6. The number of halogens is 2. The number of likely N-dealkylation sites (tertiary alicyclic amines) is 1. The molecule has 230 valence electrons. The number of rotatable bonds is 8. The van der Waals surface area contributed by atoms with Crippen LogP contribution in [-0.2, 0) is 6.54 Å². The average molecular weight is 621 g/mol. The number of hydrogen-bond donors (Lipinski definition) is 2. The molecular weight excluding hydrogens is 594 g/mol. The van der Waals surface area contributed by atoms with Gasteiger partial charge in [-0.25, -0.2) is 29.9 Å². The highest BCUT2D eigenvalue weighted by atomic mass is 19.3. The number of nitriles is 1. The van der Waals surface area contributed by atoms with Gasteiger partial charge in [-0.05, 0) is 48.7 Å². The first-order valence-electron chi connectivity index (χ1n) is 14.4. The smallest absolute Gasteiger partial charge is 0.348 e. The standard InChI is InChI=1S/C30H26F2N14/c31-30(32)46-38-16-23(43-46)21-5-6-22-28(40-21)45(29(41-22)26-27(34)37-12-11-36-26)20-3-1-18(2-4-20)17-44-13-8-19(9-14-44)39-24-7-10-35-25(15-33)42-24/h1-7,10-12,16,19,30H,8-9,13-14,17H2,(H2,34,37)(H,35,39,42). The molecule has 0 aliphatic carbocycles. The third-order valence-electron chi connectivity index (χ3n) is 7.68. The first-order valence-corrected chi connectivity index (χ1v) is 14.4. The van der Waals surface area contributed by atoms with Gasteiger partial charge in [-0.2, -0.15) is 19.1 Å². The summed E-state index contributed by atoms with van der Waals surface area (Å²) in [5, 5.41) is 20.0. The molecule has 5 aromatic heterocycles. The van der Waals surface area contributed by atoms with Gasteiger partial charge in [-0.3, -0.25) is 9.47 Å². The maximum Gasteiger partial charge on any atom is 0.348 e. The summed E-state index contributed by atoms with van der Waals surface area (Å²) in [7, 11) is 0. The second kappa shape index (κ2) is 12.2. The fourth-order valence-corrected chi connectivity index (χ4v) is 5.46. The van der Waals surface area contributed by atoms with Gasteiger partial charge >= 0.3 is 6.55 Å². The van der Waals surface area contributed by atoms with Gasteiger partial charge in [0.05, 0.1) is 11.9 Å². The number of piperidine rings is 1. The Hall–Kier alpha value is -5.95. The molecule has 0 bridgehead atoms. The summed E-state index contributed by atoms with van der Waals surface area (Å²) in [6.45, 7) is -0.281. The van der Waals surface area contributed by atoms with Crippen LogP contribution in [0.25, 0.3) is 39.8 Å². The fourth-order valence-electron chi connectivity index (χ4n) is 5.46. The van der Waals surface area contributed by atoms with E-state index in [1.807, 2.05) is 22.8 Å². The Labute approximate surface area is 260 Å². The van der Waals surface area contributed by atoms with Crippen LogP contribution in [0, 0.1) is 11.3 Å². The molecule has 0 radical (unpaired) electrons. The molecule has 0 unspecified atom stereocenters. The second-order valence-electron chi connectivity index (χ2n) is 10.7. The molecule has 1 fully saturated rings. The molecule has 46 heavy (non-hydrogen) atoms. The molecule has 1 saturated heterocycles. The molecule has 3 N–H and O–H groups in total. The molecule has 7 rings (SSSR count). The summed E-state index contributed by atoms with van der Waals surface area (Å²) in [6.07, 6.45) is 7.75. The van der Waals surface area contributed by atoms with Crippen molar-refractivity contribution in [2.24, 2.45) is 0 Å². The lowest BCUT2D eigenvalue weighted by Gasteiger charge is -2.32. The summed E-state index contributed by atoms with van der Waals surface area (Å²) in [5.74, 6) is 1.46. The monoisotopic (exact) mass is 620 g/mol. The van der Waals surface area contributed by atoms with E-state index in [9.17, 15) is 8.78 Å². The first-order chi connectivity index (χ1) is 22.4. The number of pyridine rings is 1. The van der Waals surface area contributed by atoms with E-state index in [0.717, 1.165) is 43.7 Å². The van der Waals surface area contributed by atoms with E-state index >= 15 is 0 Å². The van der Waals surface area contributed by atoms with Crippen LogP contribution in [0.4, 0.5) is 20.4 Å². The highest BCUT2D eigenvalue weighted by molar-refractivity contribution is 5.83. The second-order valence-corrected chi connectivity index (χ2v) is 10.7. The molecule has 6 aromatic rings. The van der Waals surface area contributed by atoms with Crippen LogP contribution in [0.2, 0.25) is 0 Å². The van der Waals surface area contributed by atoms with E-state index in [-0.39, 0.29) is 23.4 Å². The molecule has 1 aliphatic rings. The minimum Gasteiger partial charge on any atom is -0.382 e. The SMILES string of the molecule is N#Cc1nccc(NC2CCN(Cc3ccc(-n4c(-c5nccnc5N)nc5ccc(-c6cnn(C(F)F)n6)nc54)cc3)CC2)n1. The summed E-state index contributed by atoms with van der Waals surface area (Å²) in [5.41, 5.74) is 10.1. The lowest BCUT2D eigenvalue weighted by atomic mass is 10.0. The van der Waals surface area contributed by atoms with E-state index in [0.29, 0.717) is 39.0 Å². The predicted octanol–water partition coefficient (Wildman–Crippen LogP) is 3.85. The molecule has 1 aromatic carbocycles. The van der Waals surface area contributed by atoms with Crippen LogP contribution in [0.3, 0.4) is 0 Å². The Bertz CT molecular complexity index is 2040. The lowest BCUT2D eigenvalue weighted by Crippen LogP contribution is -2.38. The van der Waals surface area contributed by atoms with Crippen molar-refractivity contribution in [2.75, 3.05) is 24.1 Å². The molecule has 0 atom stereocenters. The number of anilines is 2. The minimum atomic E-state index is -2.86. The number of alkyl halides is 2. The topological polar surface area (TPSA) is 178 Å². The van der Waals surface area contributed by atoms with Crippen molar-refractivity contribution in [2.45, 2.75) is 32.0 Å². The minimum absolute atomic E-state index is 0.150. The fraction of sp³-hybridized carbons (Fsp3) is 0.233. The van der Waals surface area contributed by atoms with Gasteiger partial charge in [0.2, 0.25) is 5.82 Å². The van der Waals surface area contributed by atoms with Crippen molar-refractivity contribution in [3.05, 3.63) is 78.6 Å². The van der Waals surface area contributed by atoms with E-state index in [4.69, 9.17) is 21.0 Å². The van der Waals surface area contributed by atoms with Crippen LogP contribution >= 0.6 is 0 Å². The number of imidazole rings is 1. The number of fused-ring (bicyclic) bond motifs is 1. The van der Waals surface area contributed by atoms with Crippen LogP contribution in [0.5, 0.6) is 0 Å². The Morgan fingerprint density at radius 1 is 0.935 bits per heavy atom. The van der Waals surface area contributed by atoms with E-state index in [2.05, 4.69) is 52.5 Å². The van der Waals surface area contributed by atoms with Gasteiger partial charge in [-0.1, -0.05) is 12.1 Å². The normalized spacial score (nSPS) is 14.1. The van der Waals surface area contributed by atoms with E-state index in [1.54, 1.807) is 24.4 Å². The highest BCUT2D eigenvalue weighted by Gasteiger charge is 2.22. The number of benzene rings is 1. The molecule has 16 heteroatoms. The molecule has 0 spiro atoms. The average Bonchev–Trinajstić information content (AvgIpc) is 3.72. The summed E-state index contributed by atoms with van der Waals surface area (Å²) < 4.78 is 28.1. The van der Waals surface area contributed by atoms with Crippen LogP contribution in [-0.4, -0.2) is 73.5 Å². The molecule has 0 amide bonds. The zero-order valence-electron chi connectivity index (χ0n) is 24.2. The molecular formula is C30H26F2N14. The number of nitrogens with two attached hydrogens (primary N) is 1. The molecule has 14 nitrogen and oxygen atoms in total. The quantitative estimate of drug-likeness (QED) is 0.251.